The Morgan fingerprint density at radius 3 is 2.57 bits per heavy atom. The van der Waals surface area contributed by atoms with Crippen molar-refractivity contribution in [3.05, 3.63) is 29.8 Å². The van der Waals surface area contributed by atoms with Crippen molar-refractivity contribution >= 4 is 16.0 Å². The van der Waals surface area contributed by atoms with E-state index in [9.17, 15) is 18.3 Å². The highest BCUT2D eigenvalue weighted by molar-refractivity contribution is 7.89. The maximum atomic E-state index is 12.7. The van der Waals surface area contributed by atoms with Crippen LogP contribution < -0.4 is 0 Å². The number of hydrogen-bond acceptors (Lipinski definition) is 4. The fourth-order valence-corrected chi connectivity index (χ4v) is 4.15. The molecule has 1 saturated heterocycles. The summed E-state index contributed by atoms with van der Waals surface area (Å²) in [6.45, 7) is 2.16. The minimum atomic E-state index is -3.87. The summed E-state index contributed by atoms with van der Waals surface area (Å²) in [7, 11) is -3.87. The van der Waals surface area contributed by atoms with Crippen LogP contribution in [-0.4, -0.2) is 47.6 Å². The molecule has 2 rings (SSSR count). The van der Waals surface area contributed by atoms with Gasteiger partial charge in [-0.1, -0.05) is 12.1 Å². The molecule has 1 aliphatic rings. The number of hydrogen-bond donors (Lipinski definition) is 2. The Morgan fingerprint density at radius 1 is 1.24 bits per heavy atom. The minimum Gasteiger partial charge on any atom is -0.478 e. The molecule has 21 heavy (non-hydrogen) atoms. The predicted octanol–water partition coefficient (Wildman–Crippen LogP) is 1.31. The molecule has 1 aromatic rings. The van der Waals surface area contributed by atoms with Crippen LogP contribution in [0.4, 0.5) is 0 Å². The van der Waals surface area contributed by atoms with Gasteiger partial charge in [0.2, 0.25) is 10.0 Å². The number of rotatable bonds is 3. The van der Waals surface area contributed by atoms with Gasteiger partial charge in [0.1, 0.15) is 0 Å². The van der Waals surface area contributed by atoms with Crippen LogP contribution in [0.25, 0.3) is 0 Å². The molecule has 1 aromatic carbocycles. The normalized spacial score (nSPS) is 24.5. The molecular formula is C14H19NO5S. The second-order valence-corrected chi connectivity index (χ2v) is 7.46. The first-order chi connectivity index (χ1) is 9.74. The molecule has 1 atom stereocenters. The van der Waals surface area contributed by atoms with Crippen molar-refractivity contribution in [3.8, 4) is 0 Å². The van der Waals surface area contributed by atoms with Crippen LogP contribution in [0, 0.1) is 0 Å². The van der Waals surface area contributed by atoms with E-state index in [1.165, 1.54) is 28.6 Å². The SMILES string of the molecule is CC1(O)CCCN(S(=O)(=O)c2ccccc2C(=O)O)CC1. The molecule has 1 heterocycles. The van der Waals surface area contributed by atoms with E-state index in [-0.39, 0.29) is 23.5 Å². The van der Waals surface area contributed by atoms with Crippen LogP contribution in [0.5, 0.6) is 0 Å². The number of sulfonamides is 1. The second-order valence-electron chi connectivity index (χ2n) is 5.56. The van der Waals surface area contributed by atoms with Gasteiger partial charge in [-0.05, 0) is 38.3 Å². The minimum absolute atomic E-state index is 0.184. The summed E-state index contributed by atoms with van der Waals surface area (Å²) in [6, 6.07) is 5.59. The lowest BCUT2D eigenvalue weighted by atomic mass is 9.98. The molecule has 1 unspecified atom stereocenters. The van der Waals surface area contributed by atoms with E-state index in [0.717, 1.165) is 0 Å². The van der Waals surface area contributed by atoms with Gasteiger partial charge in [0, 0.05) is 13.1 Å². The number of carboxylic acid groups (broad SMARTS) is 1. The Bertz CT molecular complexity index is 639. The monoisotopic (exact) mass is 313 g/mol. The van der Waals surface area contributed by atoms with Crippen molar-refractivity contribution in [2.45, 2.75) is 36.7 Å². The third-order valence-electron chi connectivity index (χ3n) is 3.76. The van der Waals surface area contributed by atoms with Gasteiger partial charge in [-0.25, -0.2) is 13.2 Å². The summed E-state index contributed by atoms with van der Waals surface area (Å²) in [5.74, 6) is -1.27. The first-order valence-corrected chi connectivity index (χ1v) is 8.23. The van der Waals surface area contributed by atoms with Crippen molar-refractivity contribution < 1.29 is 23.4 Å². The van der Waals surface area contributed by atoms with Gasteiger partial charge in [-0.15, -0.1) is 0 Å². The molecule has 0 bridgehead atoms. The number of carboxylic acids is 1. The van der Waals surface area contributed by atoms with Gasteiger partial charge in [0.15, 0.2) is 0 Å². The lowest BCUT2D eigenvalue weighted by molar-refractivity contribution is 0.0464. The Morgan fingerprint density at radius 2 is 1.90 bits per heavy atom. The molecule has 0 spiro atoms. The van der Waals surface area contributed by atoms with Gasteiger partial charge < -0.3 is 10.2 Å². The predicted molar refractivity (Wildman–Crippen MR) is 76.6 cm³/mol. The van der Waals surface area contributed by atoms with Crippen LogP contribution in [-0.2, 0) is 10.0 Å². The topological polar surface area (TPSA) is 94.9 Å². The van der Waals surface area contributed by atoms with Crippen molar-refractivity contribution in [1.29, 1.82) is 0 Å². The maximum Gasteiger partial charge on any atom is 0.337 e. The highest BCUT2D eigenvalue weighted by atomic mass is 32.2. The van der Waals surface area contributed by atoms with Gasteiger partial charge in [-0.2, -0.15) is 4.31 Å². The Hall–Kier alpha value is -1.44. The van der Waals surface area contributed by atoms with E-state index >= 15 is 0 Å². The summed E-state index contributed by atoms with van der Waals surface area (Å²) in [4.78, 5) is 11.0. The van der Waals surface area contributed by atoms with Crippen LogP contribution in [0.15, 0.2) is 29.2 Å². The highest BCUT2D eigenvalue weighted by Gasteiger charge is 2.33. The average Bonchev–Trinajstić information content (AvgIpc) is 2.60. The number of carbonyl (C=O) groups is 1. The van der Waals surface area contributed by atoms with Gasteiger partial charge in [0.05, 0.1) is 16.1 Å². The maximum absolute atomic E-state index is 12.7. The molecular weight excluding hydrogens is 294 g/mol. The molecule has 7 heteroatoms. The van der Waals surface area contributed by atoms with Crippen molar-refractivity contribution in [2.24, 2.45) is 0 Å². The molecule has 0 amide bonds. The molecule has 116 valence electrons. The van der Waals surface area contributed by atoms with Crippen LogP contribution in [0.2, 0.25) is 0 Å². The molecule has 0 radical (unpaired) electrons. The first-order valence-electron chi connectivity index (χ1n) is 6.79. The molecule has 6 nitrogen and oxygen atoms in total. The molecule has 0 saturated carbocycles. The first kappa shape index (κ1) is 15.9. The van der Waals surface area contributed by atoms with E-state index in [0.29, 0.717) is 19.3 Å². The van der Waals surface area contributed by atoms with Gasteiger partial charge in [-0.3, -0.25) is 0 Å². The summed E-state index contributed by atoms with van der Waals surface area (Å²) in [6.07, 6.45) is 1.41. The number of nitrogens with zero attached hydrogens (tertiary/aromatic N) is 1. The number of benzene rings is 1. The van der Waals surface area contributed by atoms with Crippen LogP contribution in [0.3, 0.4) is 0 Å². The molecule has 1 aliphatic heterocycles. The van der Waals surface area contributed by atoms with Crippen molar-refractivity contribution in [2.75, 3.05) is 13.1 Å². The average molecular weight is 313 g/mol. The zero-order chi connectivity index (χ0) is 15.7. The molecule has 1 fully saturated rings. The summed E-state index contributed by atoms with van der Waals surface area (Å²) in [5, 5.41) is 19.2. The van der Waals surface area contributed by atoms with E-state index in [4.69, 9.17) is 5.11 Å². The smallest absolute Gasteiger partial charge is 0.337 e. The fraction of sp³-hybridized carbons (Fsp3) is 0.500. The highest BCUT2D eigenvalue weighted by Crippen LogP contribution is 2.27. The summed E-state index contributed by atoms with van der Waals surface area (Å²) in [5.41, 5.74) is -1.11. The quantitative estimate of drug-likeness (QED) is 0.877. The third kappa shape index (κ3) is 3.42. The Labute approximate surface area is 124 Å². The largest absolute Gasteiger partial charge is 0.478 e. The van der Waals surface area contributed by atoms with Crippen LogP contribution in [0.1, 0.15) is 36.5 Å². The van der Waals surface area contributed by atoms with E-state index in [2.05, 4.69) is 0 Å². The third-order valence-corrected chi connectivity index (χ3v) is 5.71. The zero-order valence-corrected chi connectivity index (χ0v) is 12.6. The Balaban J connectivity index is 2.37. The van der Waals surface area contributed by atoms with Crippen LogP contribution >= 0.6 is 0 Å². The van der Waals surface area contributed by atoms with E-state index in [1.54, 1.807) is 6.92 Å². The molecule has 0 aromatic heterocycles. The number of aromatic carboxylic acids is 1. The lowest BCUT2D eigenvalue weighted by Crippen LogP contribution is -2.34. The summed E-state index contributed by atoms with van der Waals surface area (Å²) >= 11 is 0. The van der Waals surface area contributed by atoms with Gasteiger partial charge >= 0.3 is 5.97 Å². The van der Waals surface area contributed by atoms with Gasteiger partial charge in [0.25, 0.3) is 0 Å². The fourth-order valence-electron chi connectivity index (χ4n) is 2.49. The lowest BCUT2D eigenvalue weighted by Gasteiger charge is -2.22. The standard InChI is InChI=1S/C14H19NO5S/c1-14(18)7-4-9-15(10-8-14)21(19,20)12-6-3-2-5-11(12)13(16)17/h2-3,5-6,18H,4,7-10H2,1H3,(H,16,17). The molecule has 2 N–H and O–H groups in total. The van der Waals surface area contributed by atoms with Crippen molar-refractivity contribution in [3.63, 3.8) is 0 Å². The van der Waals surface area contributed by atoms with E-state index in [1.807, 2.05) is 0 Å². The zero-order valence-electron chi connectivity index (χ0n) is 11.8. The summed E-state index contributed by atoms with van der Waals surface area (Å²) < 4.78 is 26.6. The Kier molecular flexibility index (Phi) is 4.36. The van der Waals surface area contributed by atoms with Crippen molar-refractivity contribution in [1.82, 2.24) is 4.31 Å². The van der Waals surface area contributed by atoms with E-state index < -0.39 is 21.6 Å². The second kappa shape index (κ2) is 5.75. The molecule has 0 aliphatic carbocycles. The number of aliphatic hydroxyl groups is 1.